The van der Waals surface area contributed by atoms with Crippen molar-refractivity contribution < 1.29 is 9.15 Å². The van der Waals surface area contributed by atoms with Gasteiger partial charge in [0.05, 0.1) is 22.1 Å². The van der Waals surface area contributed by atoms with E-state index in [1.807, 2.05) is 23.5 Å². The Morgan fingerprint density at radius 3 is 1.57 bits per heavy atom. The van der Waals surface area contributed by atoms with Gasteiger partial charge in [0.1, 0.15) is 22.7 Å². The summed E-state index contributed by atoms with van der Waals surface area (Å²) < 4.78 is 20.3. The molecule has 53 heavy (non-hydrogen) atoms. The lowest BCUT2D eigenvalue weighted by Gasteiger charge is -2.11. The van der Waals surface area contributed by atoms with Gasteiger partial charge in [-0.25, -0.2) is 0 Å². The van der Waals surface area contributed by atoms with E-state index in [9.17, 15) is 0 Å². The highest BCUT2D eigenvalue weighted by Gasteiger charge is 2.18. The number of rotatable bonds is 4. The van der Waals surface area contributed by atoms with Crippen LogP contribution in [0.25, 0.3) is 97.1 Å². The quantitative estimate of drug-likeness (QED) is 0.183. The van der Waals surface area contributed by atoms with Crippen LogP contribution in [0.2, 0.25) is 0 Å². The van der Waals surface area contributed by atoms with Crippen molar-refractivity contribution in [3.8, 4) is 22.9 Å². The van der Waals surface area contributed by atoms with Crippen LogP contribution in [0.4, 0.5) is 0 Å². The van der Waals surface area contributed by atoms with E-state index in [4.69, 9.17) is 9.15 Å². The first-order valence-electron chi connectivity index (χ1n) is 17.8. The maximum Gasteiger partial charge on any atom is 0.135 e. The molecule has 0 saturated carbocycles. The number of thiophene rings is 1. The Hall–Kier alpha value is -6.82. The summed E-state index contributed by atoms with van der Waals surface area (Å²) in [5, 5.41) is 9.59. The molecule has 0 bridgehead atoms. The van der Waals surface area contributed by atoms with Gasteiger partial charge in [-0.05, 0) is 84.9 Å². The monoisotopic (exact) mass is 696 g/mol. The highest BCUT2D eigenvalue weighted by atomic mass is 32.1. The van der Waals surface area contributed by atoms with Crippen LogP contribution in [0.1, 0.15) is 0 Å². The Morgan fingerprint density at radius 1 is 0.358 bits per heavy atom. The van der Waals surface area contributed by atoms with Crippen LogP contribution in [0.15, 0.2) is 174 Å². The molecule has 4 aromatic heterocycles. The molecule has 4 nitrogen and oxygen atoms in total. The van der Waals surface area contributed by atoms with Gasteiger partial charge >= 0.3 is 0 Å². The number of hydrogen-bond acceptors (Lipinski definition) is 3. The largest absolute Gasteiger partial charge is 0.457 e. The second-order valence-corrected chi connectivity index (χ2v) is 14.8. The number of nitrogens with zero attached hydrogens (tertiary/aromatic N) is 2. The lowest BCUT2D eigenvalue weighted by molar-refractivity contribution is 0.484. The van der Waals surface area contributed by atoms with Crippen molar-refractivity contribution in [2.75, 3.05) is 0 Å². The molecule has 12 rings (SSSR count). The summed E-state index contributed by atoms with van der Waals surface area (Å²) in [5.41, 5.74) is 8.51. The van der Waals surface area contributed by atoms with Gasteiger partial charge in [-0.15, -0.1) is 11.3 Å². The number of para-hydroxylation sites is 3. The maximum atomic E-state index is 6.76. The van der Waals surface area contributed by atoms with Gasteiger partial charge < -0.3 is 18.3 Å². The van der Waals surface area contributed by atoms with E-state index in [1.165, 1.54) is 47.2 Å². The molecule has 0 amide bonds. The van der Waals surface area contributed by atoms with Gasteiger partial charge in [-0.3, -0.25) is 0 Å². The first-order chi connectivity index (χ1) is 26.2. The van der Waals surface area contributed by atoms with E-state index in [0.717, 1.165) is 61.4 Å². The predicted octanol–water partition coefficient (Wildman–Crippen LogP) is 13.9. The number of ether oxygens (including phenoxy) is 1. The molecule has 5 heteroatoms. The molecule has 0 spiro atoms. The van der Waals surface area contributed by atoms with Crippen molar-refractivity contribution in [1.82, 2.24) is 9.13 Å². The van der Waals surface area contributed by atoms with Gasteiger partial charge in [0.2, 0.25) is 0 Å². The third-order valence-corrected chi connectivity index (χ3v) is 11.9. The van der Waals surface area contributed by atoms with Gasteiger partial charge in [-0.1, -0.05) is 72.8 Å². The normalized spacial score (nSPS) is 12.2. The van der Waals surface area contributed by atoms with E-state index in [0.29, 0.717) is 0 Å². The van der Waals surface area contributed by atoms with E-state index >= 15 is 0 Å². The maximum absolute atomic E-state index is 6.76. The first-order valence-corrected chi connectivity index (χ1v) is 18.6. The average molecular weight is 697 g/mol. The fourth-order valence-corrected chi connectivity index (χ4v) is 9.51. The standard InChI is InChI=1S/C48H28N2O2S/c1-5-13-41-33(9-1)35-21-19-31(27-43(35)49(41)29-17-23-46-39(25-29)37-11-3-7-15-45(37)52-46)51-32-20-22-36-34-10-2-6-14-42(34)50(44(36)28-32)30-18-24-48-40(26-30)38-12-4-8-16-47(38)53-48/h1-28H. The summed E-state index contributed by atoms with van der Waals surface area (Å²) in [5.74, 6) is 1.57. The molecule has 8 aromatic carbocycles. The summed E-state index contributed by atoms with van der Waals surface area (Å²) >= 11 is 1.85. The Bertz CT molecular complexity index is 3220. The Morgan fingerprint density at radius 2 is 0.868 bits per heavy atom. The first kappa shape index (κ1) is 28.8. The van der Waals surface area contributed by atoms with Crippen LogP contribution in [0, 0.1) is 0 Å². The fourth-order valence-electron chi connectivity index (χ4n) is 8.43. The second kappa shape index (κ2) is 10.8. The van der Waals surface area contributed by atoms with Crippen molar-refractivity contribution in [1.29, 1.82) is 0 Å². The average Bonchev–Trinajstić information content (AvgIpc) is 3.94. The molecule has 4 heterocycles. The molecule has 0 aliphatic heterocycles. The molecule has 248 valence electrons. The van der Waals surface area contributed by atoms with Crippen molar-refractivity contribution in [3.05, 3.63) is 170 Å². The van der Waals surface area contributed by atoms with Gasteiger partial charge in [-0.2, -0.15) is 0 Å². The Balaban J connectivity index is 1.01. The second-order valence-electron chi connectivity index (χ2n) is 13.7. The molecule has 0 aliphatic rings. The molecule has 0 radical (unpaired) electrons. The number of hydrogen-bond donors (Lipinski definition) is 0. The molecular weight excluding hydrogens is 669 g/mol. The van der Waals surface area contributed by atoms with Crippen molar-refractivity contribution in [2.45, 2.75) is 0 Å². The third kappa shape index (κ3) is 4.23. The van der Waals surface area contributed by atoms with Gasteiger partial charge in [0.15, 0.2) is 0 Å². The van der Waals surface area contributed by atoms with Crippen molar-refractivity contribution >= 4 is 97.1 Å². The molecule has 0 aliphatic carbocycles. The number of furan rings is 1. The predicted molar refractivity (Wildman–Crippen MR) is 222 cm³/mol. The lowest BCUT2D eigenvalue weighted by atomic mass is 10.1. The van der Waals surface area contributed by atoms with Crippen LogP contribution in [-0.4, -0.2) is 9.13 Å². The van der Waals surface area contributed by atoms with E-state index < -0.39 is 0 Å². The van der Waals surface area contributed by atoms with Crippen LogP contribution in [-0.2, 0) is 0 Å². The minimum atomic E-state index is 0.782. The zero-order valence-electron chi connectivity index (χ0n) is 28.3. The topological polar surface area (TPSA) is 32.2 Å². The number of benzene rings is 8. The molecule has 0 unspecified atom stereocenters. The third-order valence-electron chi connectivity index (χ3n) is 10.8. The molecule has 0 saturated heterocycles. The van der Waals surface area contributed by atoms with E-state index in [-0.39, 0.29) is 0 Å². The highest BCUT2D eigenvalue weighted by molar-refractivity contribution is 7.25. The molecule has 0 atom stereocenters. The number of aromatic nitrogens is 2. The Labute approximate surface area is 306 Å². The summed E-state index contributed by atoms with van der Waals surface area (Å²) in [7, 11) is 0. The smallest absolute Gasteiger partial charge is 0.135 e. The van der Waals surface area contributed by atoms with Crippen LogP contribution >= 0.6 is 11.3 Å². The summed E-state index contributed by atoms with van der Waals surface area (Å²) in [6.45, 7) is 0. The molecule has 0 N–H and O–H groups in total. The zero-order chi connectivity index (χ0) is 34.6. The van der Waals surface area contributed by atoms with Crippen molar-refractivity contribution in [3.63, 3.8) is 0 Å². The van der Waals surface area contributed by atoms with Crippen LogP contribution < -0.4 is 4.74 Å². The minimum Gasteiger partial charge on any atom is -0.457 e. The lowest BCUT2D eigenvalue weighted by Crippen LogP contribution is -1.95. The SMILES string of the molecule is c1ccc2c(c1)oc1ccc(-n3c4ccccc4c4ccc(Oc5ccc6c7ccccc7n(-c7ccc8sc9ccccc9c8c7)c6c5)cc43)cc12. The summed E-state index contributed by atoms with van der Waals surface area (Å²) in [6, 6.07) is 60.4. The van der Waals surface area contributed by atoms with Crippen LogP contribution in [0.3, 0.4) is 0 Å². The highest BCUT2D eigenvalue weighted by Crippen LogP contribution is 2.41. The molecular formula is C48H28N2O2S. The van der Waals surface area contributed by atoms with Gasteiger partial charge in [0, 0.05) is 76.0 Å². The molecule has 12 aromatic rings. The summed E-state index contributed by atoms with van der Waals surface area (Å²) in [4.78, 5) is 0. The van der Waals surface area contributed by atoms with Crippen LogP contribution in [0.5, 0.6) is 11.5 Å². The zero-order valence-corrected chi connectivity index (χ0v) is 29.1. The summed E-state index contributed by atoms with van der Waals surface area (Å²) in [6.07, 6.45) is 0. The van der Waals surface area contributed by atoms with E-state index in [1.54, 1.807) is 0 Å². The number of fused-ring (bicyclic) bond motifs is 12. The van der Waals surface area contributed by atoms with E-state index in [2.05, 4.69) is 167 Å². The minimum absolute atomic E-state index is 0.782. The fraction of sp³-hybridized carbons (Fsp3) is 0. The van der Waals surface area contributed by atoms with Gasteiger partial charge in [0.25, 0.3) is 0 Å². The Kier molecular flexibility index (Phi) is 5.90. The van der Waals surface area contributed by atoms with Crippen molar-refractivity contribution in [2.24, 2.45) is 0 Å². The molecule has 0 fully saturated rings.